The number of carboxylic acids is 1. The quantitative estimate of drug-likeness (QED) is 0.758. The Hall–Kier alpha value is -2.35. The number of nitrogens with zero attached hydrogens (tertiary/aromatic N) is 1. The number of aliphatic imine (C=N–C) groups is 1. The average molecular weight is 361 g/mol. The molecule has 0 spiro atoms. The molecule has 25 heavy (non-hydrogen) atoms. The molecule has 0 saturated heterocycles. The topological polar surface area (TPSA) is 108 Å². The molecule has 0 aromatic heterocycles. The summed E-state index contributed by atoms with van der Waals surface area (Å²) in [6, 6.07) is 6.55. The zero-order valence-corrected chi connectivity index (χ0v) is 14.7. The zero-order valence-electron chi connectivity index (χ0n) is 13.9. The Kier molecular flexibility index (Phi) is 4.55. The molecule has 1 aliphatic heterocycles. The highest BCUT2D eigenvalue weighted by Gasteiger charge is 2.65. The van der Waals surface area contributed by atoms with Gasteiger partial charge in [0, 0.05) is 17.0 Å². The molecule has 0 bridgehead atoms. The van der Waals surface area contributed by atoms with E-state index in [1.165, 1.54) is 11.8 Å². The number of carbonyl (C=O) groups excluding carboxylic acids is 2. The first-order valence-electron chi connectivity index (χ1n) is 7.93. The Morgan fingerprint density at radius 3 is 2.60 bits per heavy atom. The Labute approximate surface area is 149 Å². The van der Waals surface area contributed by atoms with Crippen molar-refractivity contribution in [3.05, 3.63) is 29.8 Å². The number of anilines is 1. The molecule has 2 aliphatic rings. The number of hydrogen-bond acceptors (Lipinski definition) is 5. The van der Waals surface area contributed by atoms with Crippen LogP contribution in [-0.2, 0) is 9.59 Å². The van der Waals surface area contributed by atoms with E-state index in [0.29, 0.717) is 23.0 Å². The summed E-state index contributed by atoms with van der Waals surface area (Å²) >= 11 is 1.49. The third-order valence-electron chi connectivity index (χ3n) is 4.57. The fourth-order valence-corrected chi connectivity index (χ4v) is 3.85. The lowest BCUT2D eigenvalue weighted by molar-refractivity contribution is -0.140. The maximum atomic E-state index is 12.4. The van der Waals surface area contributed by atoms with Gasteiger partial charge in [-0.15, -0.1) is 0 Å². The van der Waals surface area contributed by atoms with Crippen LogP contribution in [0.25, 0.3) is 0 Å². The molecule has 1 aromatic carbocycles. The molecule has 1 fully saturated rings. The number of rotatable bonds is 4. The van der Waals surface area contributed by atoms with Crippen LogP contribution >= 0.6 is 11.8 Å². The molecule has 2 atom stereocenters. The van der Waals surface area contributed by atoms with Gasteiger partial charge >= 0.3 is 5.97 Å². The van der Waals surface area contributed by atoms with Crippen LogP contribution in [-0.4, -0.2) is 40.4 Å². The predicted octanol–water partition coefficient (Wildman–Crippen LogP) is 1.81. The fraction of sp³-hybridized carbons (Fsp3) is 0.412. The molecule has 132 valence electrons. The first-order valence-corrected chi connectivity index (χ1v) is 8.91. The van der Waals surface area contributed by atoms with Gasteiger partial charge in [0.05, 0.1) is 18.4 Å². The van der Waals surface area contributed by atoms with Crippen molar-refractivity contribution in [2.24, 2.45) is 22.2 Å². The molecular weight excluding hydrogens is 342 g/mol. The monoisotopic (exact) mass is 361 g/mol. The molecule has 1 aliphatic carbocycles. The highest BCUT2D eigenvalue weighted by molar-refractivity contribution is 8.14. The molecule has 3 N–H and O–H groups in total. The summed E-state index contributed by atoms with van der Waals surface area (Å²) in [7, 11) is 0. The molecule has 3 rings (SSSR count). The molecule has 0 radical (unpaired) electrons. The summed E-state index contributed by atoms with van der Waals surface area (Å²) in [6.45, 7) is 4.22. The van der Waals surface area contributed by atoms with E-state index in [-0.39, 0.29) is 11.8 Å². The third kappa shape index (κ3) is 3.53. The van der Waals surface area contributed by atoms with Crippen LogP contribution in [0.4, 0.5) is 5.69 Å². The van der Waals surface area contributed by atoms with Crippen molar-refractivity contribution in [1.29, 1.82) is 0 Å². The summed E-state index contributed by atoms with van der Waals surface area (Å²) in [5, 5.41) is 15.2. The van der Waals surface area contributed by atoms with Crippen LogP contribution < -0.4 is 10.6 Å². The van der Waals surface area contributed by atoms with E-state index >= 15 is 0 Å². The molecule has 1 heterocycles. The zero-order chi connectivity index (χ0) is 18.2. The lowest BCUT2D eigenvalue weighted by Crippen LogP contribution is -2.27. The molecule has 8 heteroatoms. The predicted molar refractivity (Wildman–Crippen MR) is 95.7 cm³/mol. The second kappa shape index (κ2) is 6.51. The number of carboxylic acid groups (broad SMARTS) is 1. The van der Waals surface area contributed by atoms with Gasteiger partial charge in [-0.3, -0.25) is 19.4 Å². The van der Waals surface area contributed by atoms with Crippen LogP contribution in [0.1, 0.15) is 24.2 Å². The van der Waals surface area contributed by atoms with E-state index in [1.54, 1.807) is 38.1 Å². The number of nitrogens with one attached hydrogen (secondary N) is 2. The maximum absolute atomic E-state index is 12.4. The van der Waals surface area contributed by atoms with E-state index < -0.39 is 23.2 Å². The van der Waals surface area contributed by atoms with Crippen LogP contribution in [0.15, 0.2) is 29.3 Å². The number of carbonyl (C=O) groups is 3. The van der Waals surface area contributed by atoms with Crippen molar-refractivity contribution in [3.8, 4) is 0 Å². The second-order valence-corrected chi connectivity index (χ2v) is 7.76. The number of hydrogen-bond donors (Lipinski definition) is 3. The van der Waals surface area contributed by atoms with Gasteiger partial charge in [-0.05, 0) is 23.6 Å². The van der Waals surface area contributed by atoms with Crippen molar-refractivity contribution in [2.75, 3.05) is 17.6 Å². The smallest absolute Gasteiger partial charge is 0.307 e. The first-order chi connectivity index (χ1) is 11.8. The van der Waals surface area contributed by atoms with Crippen LogP contribution in [0, 0.1) is 17.3 Å². The van der Waals surface area contributed by atoms with Gasteiger partial charge in [-0.2, -0.15) is 0 Å². The Morgan fingerprint density at radius 1 is 1.24 bits per heavy atom. The molecule has 2 amide bonds. The molecule has 0 unspecified atom stereocenters. The Bertz CT molecular complexity index is 775. The number of amidine groups is 1. The standard InChI is InChI=1S/C17H19N3O4S/c1-17(2)11(12(17)15(23)24)14(22)19-10-5-3-4-9(8-10)13(21)20-16-18-6-7-25-16/h3-5,8,11-12H,6-7H2,1-2H3,(H,19,22)(H,23,24)(H,18,20,21)/t11-,12+/m0/s1. The minimum Gasteiger partial charge on any atom is -0.481 e. The van der Waals surface area contributed by atoms with Crippen molar-refractivity contribution in [3.63, 3.8) is 0 Å². The summed E-state index contributed by atoms with van der Waals surface area (Å²) in [5.41, 5.74) is 0.297. The highest BCUT2D eigenvalue weighted by Crippen LogP contribution is 2.58. The summed E-state index contributed by atoms with van der Waals surface area (Å²) < 4.78 is 0. The van der Waals surface area contributed by atoms with E-state index in [1.807, 2.05) is 0 Å². The molecule has 1 saturated carbocycles. The van der Waals surface area contributed by atoms with Crippen LogP contribution in [0.2, 0.25) is 0 Å². The Balaban J connectivity index is 1.67. The minimum absolute atomic E-state index is 0.292. The van der Waals surface area contributed by atoms with Crippen LogP contribution in [0.5, 0.6) is 0 Å². The highest BCUT2D eigenvalue weighted by atomic mass is 32.2. The lowest BCUT2D eigenvalue weighted by Gasteiger charge is -2.08. The lowest BCUT2D eigenvalue weighted by atomic mass is 10.1. The van der Waals surface area contributed by atoms with Gasteiger partial charge in [0.15, 0.2) is 5.17 Å². The average Bonchev–Trinajstić information content (AvgIpc) is 2.88. The fourth-order valence-electron chi connectivity index (χ4n) is 3.13. The summed E-state index contributed by atoms with van der Waals surface area (Å²) in [5.74, 6) is -2.01. The number of amides is 2. The maximum Gasteiger partial charge on any atom is 0.307 e. The second-order valence-electron chi connectivity index (χ2n) is 6.67. The number of aliphatic carboxylic acids is 1. The first kappa shape index (κ1) is 17.5. The van der Waals surface area contributed by atoms with Crippen molar-refractivity contribution in [1.82, 2.24) is 5.32 Å². The third-order valence-corrected chi connectivity index (χ3v) is 5.47. The summed E-state index contributed by atoms with van der Waals surface area (Å²) in [4.78, 5) is 40.0. The SMILES string of the molecule is CC1(C)[C@H](C(=O)Nc2cccc(C(=O)NC3=NCCS3)c2)[C@@H]1C(=O)O. The van der Waals surface area contributed by atoms with E-state index in [9.17, 15) is 19.5 Å². The minimum atomic E-state index is -0.965. The van der Waals surface area contributed by atoms with Gasteiger partial charge in [-0.1, -0.05) is 31.7 Å². The number of benzene rings is 1. The van der Waals surface area contributed by atoms with Crippen molar-refractivity contribution < 1.29 is 19.5 Å². The molecular formula is C17H19N3O4S. The van der Waals surface area contributed by atoms with Crippen LogP contribution in [0.3, 0.4) is 0 Å². The Morgan fingerprint density at radius 2 is 2.00 bits per heavy atom. The largest absolute Gasteiger partial charge is 0.481 e. The molecule has 1 aromatic rings. The van der Waals surface area contributed by atoms with Gasteiger partial charge in [0.1, 0.15) is 0 Å². The number of thioether (sulfide) groups is 1. The van der Waals surface area contributed by atoms with E-state index in [4.69, 9.17) is 0 Å². The van der Waals surface area contributed by atoms with Gasteiger partial charge in [0.2, 0.25) is 5.91 Å². The van der Waals surface area contributed by atoms with E-state index in [0.717, 1.165) is 5.75 Å². The normalized spacial score (nSPS) is 23.5. The summed E-state index contributed by atoms with van der Waals surface area (Å²) in [6.07, 6.45) is 0. The van der Waals surface area contributed by atoms with E-state index in [2.05, 4.69) is 15.6 Å². The van der Waals surface area contributed by atoms with Gasteiger partial charge in [-0.25, -0.2) is 0 Å². The van der Waals surface area contributed by atoms with Gasteiger partial charge < -0.3 is 15.7 Å². The van der Waals surface area contributed by atoms with Crippen molar-refractivity contribution >= 4 is 40.4 Å². The van der Waals surface area contributed by atoms with Crippen molar-refractivity contribution in [2.45, 2.75) is 13.8 Å². The molecule has 7 nitrogen and oxygen atoms in total. The van der Waals surface area contributed by atoms with Gasteiger partial charge in [0.25, 0.3) is 5.91 Å².